The molecule has 27 heavy (non-hydrogen) atoms. The zero-order valence-electron chi connectivity index (χ0n) is 13.8. The third kappa shape index (κ3) is 4.43. The smallest absolute Gasteiger partial charge is 0.387 e. The highest BCUT2D eigenvalue weighted by Gasteiger charge is 2.17. The Morgan fingerprint density at radius 3 is 2.52 bits per heavy atom. The zero-order chi connectivity index (χ0) is 19.6. The number of amides is 1. The van der Waals surface area contributed by atoms with Crippen molar-refractivity contribution >= 4 is 22.4 Å². The molecule has 0 radical (unpaired) electrons. The summed E-state index contributed by atoms with van der Waals surface area (Å²) in [5.74, 6) is -2.40. The van der Waals surface area contributed by atoms with Crippen LogP contribution in [0.15, 0.2) is 42.5 Å². The number of anilines is 1. The number of carbonyl (C=O) groups is 1. The molecule has 1 amide bonds. The average Bonchev–Trinajstić information content (AvgIpc) is 2.97. The van der Waals surface area contributed by atoms with Crippen molar-refractivity contribution in [3.8, 4) is 17.0 Å². The first-order valence-corrected chi connectivity index (χ1v) is 8.44. The summed E-state index contributed by atoms with van der Waals surface area (Å²) in [4.78, 5) is 17.2. The molecule has 0 aliphatic rings. The Hall–Kier alpha value is -2.94. The molecule has 9 heteroatoms. The van der Waals surface area contributed by atoms with Gasteiger partial charge in [-0.1, -0.05) is 0 Å². The number of hydrogen-bond acceptors (Lipinski definition) is 4. The third-order valence-corrected chi connectivity index (χ3v) is 4.43. The number of hydrogen-bond donors (Lipinski definition) is 1. The molecule has 0 aliphatic carbocycles. The lowest BCUT2D eigenvalue weighted by molar-refractivity contribution is -0.0498. The second-order valence-corrected chi connectivity index (χ2v) is 6.61. The Labute approximate surface area is 155 Å². The average molecular weight is 396 g/mol. The fourth-order valence-corrected chi connectivity index (χ4v) is 3.18. The SMILES string of the molecule is Cc1sc(NC(=O)c2cc(F)ccc2F)nc1-c1ccc(OC(F)F)cc1. The number of rotatable bonds is 5. The lowest BCUT2D eigenvalue weighted by Gasteiger charge is -2.05. The number of nitrogens with zero attached hydrogens (tertiary/aromatic N) is 1. The van der Waals surface area contributed by atoms with E-state index in [4.69, 9.17) is 0 Å². The van der Waals surface area contributed by atoms with Gasteiger partial charge in [-0.25, -0.2) is 13.8 Å². The molecule has 0 unspecified atom stereocenters. The van der Waals surface area contributed by atoms with E-state index in [-0.39, 0.29) is 10.9 Å². The van der Waals surface area contributed by atoms with Crippen LogP contribution >= 0.6 is 11.3 Å². The quantitative estimate of drug-likeness (QED) is 0.600. The molecule has 0 saturated heterocycles. The minimum atomic E-state index is -2.91. The summed E-state index contributed by atoms with van der Waals surface area (Å²) in [6, 6.07) is 8.44. The molecular weight excluding hydrogens is 384 g/mol. The van der Waals surface area contributed by atoms with E-state index in [1.54, 1.807) is 19.1 Å². The van der Waals surface area contributed by atoms with Gasteiger partial charge in [-0.3, -0.25) is 10.1 Å². The van der Waals surface area contributed by atoms with Crippen molar-refractivity contribution < 1.29 is 27.1 Å². The number of aromatic nitrogens is 1. The molecule has 0 bridgehead atoms. The highest BCUT2D eigenvalue weighted by Crippen LogP contribution is 2.32. The molecule has 3 aromatic rings. The van der Waals surface area contributed by atoms with Crippen LogP contribution in [0.4, 0.5) is 22.7 Å². The van der Waals surface area contributed by atoms with Crippen LogP contribution in [0.3, 0.4) is 0 Å². The van der Waals surface area contributed by atoms with E-state index in [1.807, 2.05) is 0 Å². The largest absolute Gasteiger partial charge is 0.435 e. The van der Waals surface area contributed by atoms with Crippen LogP contribution in [0.2, 0.25) is 0 Å². The van der Waals surface area contributed by atoms with Crippen molar-refractivity contribution in [1.82, 2.24) is 4.98 Å². The maximum absolute atomic E-state index is 13.7. The highest BCUT2D eigenvalue weighted by molar-refractivity contribution is 7.16. The number of nitrogens with one attached hydrogen (secondary N) is 1. The normalized spacial score (nSPS) is 10.9. The molecule has 4 nitrogen and oxygen atoms in total. The molecule has 0 fully saturated rings. The maximum Gasteiger partial charge on any atom is 0.387 e. The summed E-state index contributed by atoms with van der Waals surface area (Å²) >= 11 is 1.15. The summed E-state index contributed by atoms with van der Waals surface area (Å²) in [5.41, 5.74) is 0.722. The molecule has 140 valence electrons. The van der Waals surface area contributed by atoms with E-state index in [9.17, 15) is 22.4 Å². The Morgan fingerprint density at radius 1 is 1.15 bits per heavy atom. The van der Waals surface area contributed by atoms with E-state index in [0.29, 0.717) is 11.3 Å². The van der Waals surface area contributed by atoms with Crippen molar-refractivity contribution in [3.05, 3.63) is 64.5 Å². The Kier molecular flexibility index (Phi) is 5.41. The van der Waals surface area contributed by atoms with Gasteiger partial charge in [0.05, 0.1) is 11.3 Å². The van der Waals surface area contributed by atoms with Crippen molar-refractivity contribution in [1.29, 1.82) is 0 Å². The van der Waals surface area contributed by atoms with Gasteiger partial charge < -0.3 is 4.74 Å². The minimum absolute atomic E-state index is 0.0109. The molecule has 0 aliphatic heterocycles. The van der Waals surface area contributed by atoms with Crippen LogP contribution in [-0.2, 0) is 0 Å². The van der Waals surface area contributed by atoms with Gasteiger partial charge in [0, 0.05) is 10.4 Å². The molecule has 2 aromatic carbocycles. The van der Waals surface area contributed by atoms with Gasteiger partial charge in [-0.05, 0) is 49.4 Å². The van der Waals surface area contributed by atoms with E-state index in [2.05, 4.69) is 15.0 Å². The molecule has 1 heterocycles. The maximum atomic E-state index is 13.7. The van der Waals surface area contributed by atoms with Crippen molar-refractivity contribution in [3.63, 3.8) is 0 Å². The van der Waals surface area contributed by atoms with Crippen LogP contribution < -0.4 is 10.1 Å². The van der Waals surface area contributed by atoms with Gasteiger partial charge in [0.2, 0.25) is 0 Å². The predicted octanol–water partition coefficient (Wildman–Crippen LogP) is 5.25. The highest BCUT2D eigenvalue weighted by atomic mass is 32.1. The van der Waals surface area contributed by atoms with Gasteiger partial charge in [0.25, 0.3) is 5.91 Å². The number of ether oxygens (including phenoxy) is 1. The van der Waals surface area contributed by atoms with Gasteiger partial charge in [0.1, 0.15) is 17.4 Å². The Balaban J connectivity index is 1.80. The van der Waals surface area contributed by atoms with Crippen LogP contribution in [0.5, 0.6) is 5.75 Å². The number of thiazole rings is 1. The van der Waals surface area contributed by atoms with E-state index in [0.717, 1.165) is 34.4 Å². The molecule has 0 spiro atoms. The lowest BCUT2D eigenvalue weighted by Crippen LogP contribution is -2.13. The molecule has 3 rings (SSSR count). The number of halogens is 4. The molecular formula is C18H12F4N2O2S. The summed E-state index contributed by atoms with van der Waals surface area (Å²) in [6.07, 6.45) is 0. The second kappa shape index (κ2) is 7.75. The first kappa shape index (κ1) is 18.8. The van der Waals surface area contributed by atoms with Gasteiger partial charge in [-0.2, -0.15) is 8.78 Å². The number of aryl methyl sites for hydroxylation is 1. The first-order chi connectivity index (χ1) is 12.8. The summed E-state index contributed by atoms with van der Waals surface area (Å²) in [7, 11) is 0. The van der Waals surface area contributed by atoms with Crippen LogP contribution in [0, 0.1) is 18.6 Å². The van der Waals surface area contributed by atoms with Gasteiger partial charge >= 0.3 is 6.61 Å². The van der Waals surface area contributed by atoms with E-state index < -0.39 is 29.7 Å². The zero-order valence-corrected chi connectivity index (χ0v) is 14.6. The molecule has 0 atom stereocenters. The number of carbonyl (C=O) groups excluding carboxylic acids is 1. The lowest BCUT2D eigenvalue weighted by atomic mass is 10.1. The van der Waals surface area contributed by atoms with Crippen molar-refractivity contribution in [2.75, 3.05) is 5.32 Å². The molecule has 1 aromatic heterocycles. The number of alkyl halides is 2. The molecule has 1 N–H and O–H groups in total. The fourth-order valence-electron chi connectivity index (χ4n) is 2.35. The fraction of sp³-hybridized carbons (Fsp3) is 0.111. The summed E-state index contributed by atoms with van der Waals surface area (Å²) in [5, 5.41) is 2.63. The van der Waals surface area contributed by atoms with Gasteiger partial charge in [0.15, 0.2) is 5.13 Å². The topological polar surface area (TPSA) is 51.2 Å². The predicted molar refractivity (Wildman–Crippen MR) is 93.2 cm³/mol. The van der Waals surface area contributed by atoms with Crippen LogP contribution in [-0.4, -0.2) is 17.5 Å². The van der Waals surface area contributed by atoms with Crippen LogP contribution in [0.25, 0.3) is 11.3 Å². The first-order valence-electron chi connectivity index (χ1n) is 7.62. The second-order valence-electron chi connectivity index (χ2n) is 5.40. The standard InChI is InChI=1S/C18H12F4N2O2S/c1-9-15(10-2-5-12(6-3-10)26-17(21)22)23-18(27-9)24-16(25)13-8-11(19)4-7-14(13)20/h2-8,17H,1H3,(H,23,24,25). The monoisotopic (exact) mass is 396 g/mol. The van der Waals surface area contributed by atoms with E-state index in [1.165, 1.54) is 12.1 Å². The van der Waals surface area contributed by atoms with Crippen molar-refractivity contribution in [2.45, 2.75) is 13.5 Å². The van der Waals surface area contributed by atoms with E-state index >= 15 is 0 Å². The molecule has 0 saturated carbocycles. The minimum Gasteiger partial charge on any atom is -0.435 e. The Morgan fingerprint density at radius 2 is 1.85 bits per heavy atom. The van der Waals surface area contributed by atoms with Crippen molar-refractivity contribution in [2.24, 2.45) is 0 Å². The van der Waals surface area contributed by atoms with Gasteiger partial charge in [-0.15, -0.1) is 11.3 Å². The summed E-state index contributed by atoms with van der Waals surface area (Å²) < 4.78 is 55.6. The van der Waals surface area contributed by atoms with Crippen LogP contribution in [0.1, 0.15) is 15.2 Å². The third-order valence-electron chi connectivity index (χ3n) is 3.54. The Bertz CT molecular complexity index is 974. The summed E-state index contributed by atoms with van der Waals surface area (Å²) in [6.45, 7) is -1.16. The number of benzene rings is 2.